The maximum Gasteiger partial charge on any atom is 0.306 e. The molecule has 344 valence electrons. The highest BCUT2D eigenvalue weighted by molar-refractivity contribution is 5.71. The normalized spacial score (nSPS) is 13.0. The zero-order chi connectivity index (χ0) is 44.4. The van der Waals surface area contributed by atoms with Crippen LogP contribution in [0, 0.1) is 0 Å². The molecule has 1 atom stereocenters. The van der Waals surface area contributed by atoms with Crippen molar-refractivity contribution in [2.45, 2.75) is 207 Å². The van der Waals surface area contributed by atoms with Gasteiger partial charge >= 0.3 is 17.9 Å². The number of unbranched alkanes of at least 4 members (excludes halogenated alkanes) is 15. The molecule has 0 aliphatic heterocycles. The Morgan fingerprint density at radius 1 is 0.361 bits per heavy atom. The number of esters is 3. The van der Waals surface area contributed by atoms with Crippen LogP contribution in [0.2, 0.25) is 0 Å². The van der Waals surface area contributed by atoms with Crippen molar-refractivity contribution in [3.8, 4) is 0 Å². The van der Waals surface area contributed by atoms with Crippen molar-refractivity contribution < 1.29 is 28.6 Å². The monoisotopic (exact) mass is 845 g/mol. The number of allylic oxidation sites excluding steroid dienone is 18. The highest BCUT2D eigenvalue weighted by atomic mass is 16.6. The highest BCUT2D eigenvalue weighted by Gasteiger charge is 2.19. The van der Waals surface area contributed by atoms with Crippen molar-refractivity contribution in [3.63, 3.8) is 0 Å². The number of carbonyl (C=O) groups is 3. The maximum atomic E-state index is 12.8. The van der Waals surface area contributed by atoms with E-state index in [-0.39, 0.29) is 37.5 Å². The van der Waals surface area contributed by atoms with E-state index in [9.17, 15) is 14.4 Å². The molecule has 1 unspecified atom stereocenters. The predicted octanol–water partition coefficient (Wildman–Crippen LogP) is 16.0. The minimum absolute atomic E-state index is 0.117. The molecule has 0 saturated carbocycles. The minimum Gasteiger partial charge on any atom is -0.462 e. The lowest BCUT2D eigenvalue weighted by atomic mass is 10.1. The Kier molecular flexibility index (Phi) is 45.6. The molecule has 0 aromatic heterocycles. The van der Waals surface area contributed by atoms with Crippen LogP contribution in [0.1, 0.15) is 201 Å². The lowest BCUT2D eigenvalue weighted by Crippen LogP contribution is -2.30. The molecule has 0 aromatic carbocycles. The number of carbonyl (C=O) groups excluding carboxylic acids is 3. The molecule has 6 nitrogen and oxygen atoms in total. The summed E-state index contributed by atoms with van der Waals surface area (Å²) in [4.78, 5) is 37.8. The van der Waals surface area contributed by atoms with Crippen LogP contribution in [0.3, 0.4) is 0 Å². The van der Waals surface area contributed by atoms with Crippen LogP contribution < -0.4 is 0 Å². The van der Waals surface area contributed by atoms with E-state index in [4.69, 9.17) is 14.2 Å². The van der Waals surface area contributed by atoms with Gasteiger partial charge in [-0.2, -0.15) is 0 Å². The molecule has 61 heavy (non-hydrogen) atoms. The van der Waals surface area contributed by atoms with Crippen molar-refractivity contribution in [2.24, 2.45) is 0 Å². The van der Waals surface area contributed by atoms with Crippen molar-refractivity contribution >= 4 is 17.9 Å². The fourth-order valence-corrected chi connectivity index (χ4v) is 6.09. The molecule has 0 aliphatic rings. The van der Waals surface area contributed by atoms with Gasteiger partial charge in [0.05, 0.1) is 0 Å². The summed E-state index contributed by atoms with van der Waals surface area (Å²) in [6.07, 6.45) is 65.0. The zero-order valence-electron chi connectivity index (χ0n) is 39.1. The third-order valence-electron chi connectivity index (χ3n) is 9.79. The third-order valence-corrected chi connectivity index (χ3v) is 9.79. The summed E-state index contributed by atoms with van der Waals surface area (Å²) in [5.41, 5.74) is 0. The Bertz CT molecular complexity index is 1290. The highest BCUT2D eigenvalue weighted by Crippen LogP contribution is 2.12. The van der Waals surface area contributed by atoms with E-state index in [1.807, 2.05) is 0 Å². The second kappa shape index (κ2) is 48.7. The molecule has 6 heteroatoms. The second-order valence-electron chi connectivity index (χ2n) is 15.7. The molecule has 0 radical (unpaired) electrons. The maximum absolute atomic E-state index is 12.8. The molecule has 0 spiro atoms. The van der Waals surface area contributed by atoms with Gasteiger partial charge in [-0.3, -0.25) is 14.4 Å². The van der Waals surface area contributed by atoms with Gasteiger partial charge in [-0.15, -0.1) is 0 Å². The van der Waals surface area contributed by atoms with Crippen LogP contribution in [0.4, 0.5) is 0 Å². The Balaban J connectivity index is 4.54. The van der Waals surface area contributed by atoms with Gasteiger partial charge < -0.3 is 14.2 Å². The van der Waals surface area contributed by atoms with Crippen LogP contribution in [0.15, 0.2) is 109 Å². The summed E-state index contributed by atoms with van der Waals surface area (Å²) in [5, 5.41) is 0. The lowest BCUT2D eigenvalue weighted by molar-refractivity contribution is -0.167. The zero-order valence-corrected chi connectivity index (χ0v) is 39.1. The smallest absolute Gasteiger partial charge is 0.306 e. The summed E-state index contributed by atoms with van der Waals surface area (Å²) >= 11 is 0. The molecular weight excluding hydrogens is 757 g/mol. The van der Waals surface area contributed by atoms with Crippen molar-refractivity contribution in [1.82, 2.24) is 0 Å². The van der Waals surface area contributed by atoms with Crippen LogP contribution in [-0.4, -0.2) is 37.2 Å². The van der Waals surface area contributed by atoms with E-state index >= 15 is 0 Å². The fourth-order valence-electron chi connectivity index (χ4n) is 6.09. The van der Waals surface area contributed by atoms with Gasteiger partial charge in [-0.25, -0.2) is 0 Å². The molecule has 0 fully saturated rings. The summed E-state index contributed by atoms with van der Waals surface area (Å²) in [6.45, 7) is 6.33. The van der Waals surface area contributed by atoms with E-state index in [1.165, 1.54) is 44.9 Å². The van der Waals surface area contributed by atoms with E-state index < -0.39 is 6.10 Å². The van der Waals surface area contributed by atoms with Gasteiger partial charge in [0.2, 0.25) is 0 Å². The van der Waals surface area contributed by atoms with E-state index in [2.05, 4.69) is 130 Å². The number of hydrogen-bond donors (Lipinski definition) is 0. The molecule has 0 aromatic rings. The van der Waals surface area contributed by atoms with Gasteiger partial charge in [0.25, 0.3) is 0 Å². The Labute approximate surface area is 374 Å². The summed E-state index contributed by atoms with van der Waals surface area (Å²) in [7, 11) is 0. The molecule has 0 aliphatic carbocycles. The molecular formula is C55H88O6. The van der Waals surface area contributed by atoms with Gasteiger partial charge in [0, 0.05) is 19.3 Å². The second-order valence-corrected chi connectivity index (χ2v) is 15.7. The average Bonchev–Trinajstić information content (AvgIpc) is 3.26. The first kappa shape index (κ1) is 57.1. The average molecular weight is 845 g/mol. The fraction of sp³-hybridized carbons (Fsp3) is 0.618. The standard InChI is InChI=1S/C55H88O6/c1-4-7-10-13-16-19-22-24-26-27-29-30-33-36-39-42-45-48-54(57)60-51-52(50-59-53(56)47-44-41-38-35-32-21-18-15-12-9-6-3)61-55(58)49-46-43-40-37-34-31-28-25-23-20-17-14-11-8-5-2/h7,10,15-21,23-26,29-30,32,36,39,52H,4-6,8-9,11-14,22,27-28,31,33-35,37-38,40-51H2,1-3H3/b10-7-,18-15-,19-16-,20-17-,25-23-,26-24-,30-29-,32-21-,39-36-. The van der Waals surface area contributed by atoms with Crippen molar-refractivity contribution in [3.05, 3.63) is 109 Å². The molecule has 0 heterocycles. The van der Waals surface area contributed by atoms with Crippen LogP contribution in [0.5, 0.6) is 0 Å². The SMILES string of the molecule is CC/C=C\C/C=C\C/C=C\C/C=C\C/C=C\CCCC(=O)OCC(COC(=O)CCCCC/C=C\C=C/CCCC)OC(=O)CCCCCCCC/C=C\C=C/CCCCC. The topological polar surface area (TPSA) is 78.9 Å². The summed E-state index contributed by atoms with van der Waals surface area (Å²) < 4.78 is 16.7. The van der Waals surface area contributed by atoms with Crippen molar-refractivity contribution in [2.75, 3.05) is 13.2 Å². The third kappa shape index (κ3) is 47.0. The molecule has 0 saturated heterocycles. The van der Waals surface area contributed by atoms with Crippen LogP contribution in [0.25, 0.3) is 0 Å². The number of rotatable bonds is 42. The van der Waals surface area contributed by atoms with E-state index in [1.54, 1.807) is 0 Å². The van der Waals surface area contributed by atoms with Gasteiger partial charge in [-0.05, 0) is 103 Å². The van der Waals surface area contributed by atoms with Crippen LogP contribution >= 0.6 is 0 Å². The molecule has 0 rings (SSSR count). The molecule has 0 bridgehead atoms. The van der Waals surface area contributed by atoms with E-state index in [0.29, 0.717) is 19.3 Å². The van der Waals surface area contributed by atoms with Gasteiger partial charge in [0.1, 0.15) is 13.2 Å². The summed E-state index contributed by atoms with van der Waals surface area (Å²) in [5.74, 6) is -1.02. The lowest BCUT2D eigenvalue weighted by Gasteiger charge is -2.18. The first-order valence-electron chi connectivity index (χ1n) is 24.4. The van der Waals surface area contributed by atoms with E-state index in [0.717, 1.165) is 109 Å². The Hall–Kier alpha value is -3.93. The Morgan fingerprint density at radius 2 is 0.721 bits per heavy atom. The molecule has 0 N–H and O–H groups in total. The van der Waals surface area contributed by atoms with Crippen molar-refractivity contribution in [1.29, 1.82) is 0 Å². The quantitative estimate of drug-likeness (QED) is 0.0200. The first-order chi connectivity index (χ1) is 30.0. The molecule has 0 amide bonds. The van der Waals surface area contributed by atoms with Gasteiger partial charge in [-0.1, -0.05) is 188 Å². The number of hydrogen-bond acceptors (Lipinski definition) is 6. The predicted molar refractivity (Wildman–Crippen MR) is 260 cm³/mol. The summed E-state index contributed by atoms with van der Waals surface area (Å²) in [6, 6.07) is 0. The largest absolute Gasteiger partial charge is 0.462 e. The van der Waals surface area contributed by atoms with Gasteiger partial charge in [0.15, 0.2) is 6.10 Å². The number of ether oxygens (including phenoxy) is 3. The first-order valence-corrected chi connectivity index (χ1v) is 24.4. The Morgan fingerprint density at radius 3 is 1.21 bits per heavy atom. The minimum atomic E-state index is -0.818. The van der Waals surface area contributed by atoms with Crippen LogP contribution in [-0.2, 0) is 28.6 Å².